The van der Waals surface area contributed by atoms with Crippen LogP contribution in [0.3, 0.4) is 0 Å². The first kappa shape index (κ1) is 13.1. The van der Waals surface area contributed by atoms with Crippen molar-refractivity contribution in [3.63, 3.8) is 0 Å². The van der Waals surface area contributed by atoms with Crippen LogP contribution in [0.25, 0.3) is 11.3 Å². The number of benzene rings is 1. The summed E-state index contributed by atoms with van der Waals surface area (Å²) >= 11 is 5.99. The summed E-state index contributed by atoms with van der Waals surface area (Å²) in [5.74, 6) is 1.28. The number of aromatic nitrogens is 2. The molecule has 3 N–H and O–H groups in total. The second-order valence-corrected chi connectivity index (χ2v) is 4.85. The fraction of sp³-hybridized carbons (Fsp3) is 0.357. The Morgan fingerprint density at radius 2 is 2.28 bits per heavy atom. The highest BCUT2D eigenvalue weighted by molar-refractivity contribution is 6.30. The molecule has 96 valence electrons. The van der Waals surface area contributed by atoms with Gasteiger partial charge in [0, 0.05) is 23.0 Å². The van der Waals surface area contributed by atoms with E-state index < -0.39 is 0 Å². The summed E-state index contributed by atoms with van der Waals surface area (Å²) in [6, 6.07) is 7.74. The number of nitrogens with zero attached hydrogens (tertiary/aromatic N) is 1. The minimum Gasteiger partial charge on any atom is -0.342 e. The molecule has 0 spiro atoms. The number of nitrogens with two attached hydrogens (primary N) is 1. The first-order valence-corrected chi connectivity index (χ1v) is 6.63. The third kappa shape index (κ3) is 2.92. The monoisotopic (exact) mass is 263 g/mol. The molecule has 0 bridgehead atoms. The van der Waals surface area contributed by atoms with Crippen LogP contribution in [0.2, 0.25) is 5.02 Å². The standard InChI is InChI=1S/C14H18ClN3/c1-2-4-11(8-16)14-17-9-13(18-14)10-5-3-6-12(15)7-10/h3,5-7,9,11H,2,4,8,16H2,1H3,(H,17,18). The first-order chi connectivity index (χ1) is 8.74. The van der Waals surface area contributed by atoms with E-state index in [1.807, 2.05) is 30.5 Å². The third-order valence-corrected chi connectivity index (χ3v) is 3.27. The second-order valence-electron chi connectivity index (χ2n) is 4.41. The summed E-state index contributed by atoms with van der Waals surface area (Å²) in [5, 5.41) is 0.729. The fourth-order valence-electron chi connectivity index (χ4n) is 2.06. The Bertz CT molecular complexity index is 507. The van der Waals surface area contributed by atoms with Crippen LogP contribution in [0.15, 0.2) is 30.5 Å². The lowest BCUT2D eigenvalue weighted by atomic mass is 10.0. The molecule has 1 aromatic carbocycles. The van der Waals surface area contributed by atoms with Gasteiger partial charge in [-0.2, -0.15) is 0 Å². The molecule has 18 heavy (non-hydrogen) atoms. The van der Waals surface area contributed by atoms with Gasteiger partial charge >= 0.3 is 0 Å². The van der Waals surface area contributed by atoms with E-state index in [1.165, 1.54) is 0 Å². The van der Waals surface area contributed by atoms with Gasteiger partial charge in [-0.25, -0.2) is 4.98 Å². The van der Waals surface area contributed by atoms with Gasteiger partial charge < -0.3 is 10.7 Å². The van der Waals surface area contributed by atoms with Crippen LogP contribution >= 0.6 is 11.6 Å². The maximum Gasteiger partial charge on any atom is 0.110 e. The van der Waals surface area contributed by atoms with Crippen molar-refractivity contribution in [2.24, 2.45) is 5.73 Å². The zero-order valence-electron chi connectivity index (χ0n) is 10.5. The summed E-state index contributed by atoms with van der Waals surface area (Å²) in [6.45, 7) is 2.78. The van der Waals surface area contributed by atoms with E-state index in [-0.39, 0.29) is 0 Å². The van der Waals surface area contributed by atoms with E-state index >= 15 is 0 Å². The lowest BCUT2D eigenvalue weighted by Gasteiger charge is -2.09. The topological polar surface area (TPSA) is 54.7 Å². The number of hydrogen-bond acceptors (Lipinski definition) is 2. The molecule has 1 atom stereocenters. The molecule has 0 radical (unpaired) electrons. The van der Waals surface area contributed by atoms with Crippen LogP contribution < -0.4 is 5.73 Å². The zero-order valence-corrected chi connectivity index (χ0v) is 11.2. The van der Waals surface area contributed by atoms with Crippen LogP contribution in [0.4, 0.5) is 0 Å². The number of nitrogens with one attached hydrogen (secondary N) is 1. The average Bonchev–Trinajstić information content (AvgIpc) is 2.85. The molecular formula is C14H18ClN3. The van der Waals surface area contributed by atoms with Crippen molar-refractivity contribution >= 4 is 11.6 Å². The van der Waals surface area contributed by atoms with Crippen molar-refractivity contribution in [2.75, 3.05) is 6.54 Å². The van der Waals surface area contributed by atoms with E-state index in [1.54, 1.807) is 0 Å². The molecule has 0 aliphatic rings. The Labute approximate surface area is 112 Å². The molecule has 0 saturated heterocycles. The number of hydrogen-bond donors (Lipinski definition) is 2. The molecule has 2 aromatic rings. The van der Waals surface area contributed by atoms with E-state index in [9.17, 15) is 0 Å². The van der Waals surface area contributed by atoms with Crippen LogP contribution in [0.1, 0.15) is 31.5 Å². The van der Waals surface area contributed by atoms with Crippen molar-refractivity contribution in [3.8, 4) is 11.3 Å². The first-order valence-electron chi connectivity index (χ1n) is 6.25. The maximum atomic E-state index is 5.99. The largest absolute Gasteiger partial charge is 0.342 e. The van der Waals surface area contributed by atoms with Gasteiger partial charge in [0.1, 0.15) is 5.82 Å². The van der Waals surface area contributed by atoms with Crippen molar-refractivity contribution in [1.29, 1.82) is 0 Å². The van der Waals surface area contributed by atoms with E-state index in [4.69, 9.17) is 17.3 Å². The highest BCUT2D eigenvalue weighted by Gasteiger charge is 2.13. The zero-order chi connectivity index (χ0) is 13.0. The molecular weight excluding hydrogens is 246 g/mol. The van der Waals surface area contributed by atoms with E-state index in [2.05, 4.69) is 16.9 Å². The molecule has 0 amide bonds. The van der Waals surface area contributed by atoms with Gasteiger partial charge in [0.25, 0.3) is 0 Å². The van der Waals surface area contributed by atoms with Gasteiger partial charge in [0.15, 0.2) is 0 Å². The lowest BCUT2D eigenvalue weighted by molar-refractivity contribution is 0.595. The van der Waals surface area contributed by atoms with Crippen LogP contribution in [-0.2, 0) is 0 Å². The van der Waals surface area contributed by atoms with Crippen LogP contribution in [0.5, 0.6) is 0 Å². The van der Waals surface area contributed by atoms with E-state index in [0.29, 0.717) is 12.5 Å². The predicted octanol–water partition coefficient (Wildman–Crippen LogP) is 3.57. The molecule has 1 aromatic heterocycles. The Balaban J connectivity index is 2.24. The van der Waals surface area contributed by atoms with Crippen molar-refractivity contribution < 1.29 is 0 Å². The number of halogens is 1. The molecule has 2 rings (SSSR count). The average molecular weight is 264 g/mol. The number of H-pyrrole nitrogens is 1. The summed E-state index contributed by atoms with van der Waals surface area (Å²) in [5.41, 5.74) is 7.82. The highest BCUT2D eigenvalue weighted by Crippen LogP contribution is 2.24. The van der Waals surface area contributed by atoms with Crippen molar-refractivity contribution in [3.05, 3.63) is 41.3 Å². The quantitative estimate of drug-likeness (QED) is 0.866. The molecule has 1 unspecified atom stereocenters. The molecule has 4 heteroatoms. The maximum absolute atomic E-state index is 5.99. The van der Waals surface area contributed by atoms with Crippen LogP contribution in [0, 0.1) is 0 Å². The van der Waals surface area contributed by atoms with Gasteiger partial charge in [0.05, 0.1) is 11.9 Å². The SMILES string of the molecule is CCCC(CN)c1ncc(-c2cccc(Cl)c2)[nH]1. The van der Waals surface area contributed by atoms with Gasteiger partial charge in [-0.3, -0.25) is 0 Å². The summed E-state index contributed by atoms with van der Waals surface area (Å²) in [6.07, 6.45) is 4.01. The molecule has 0 fully saturated rings. The van der Waals surface area contributed by atoms with Gasteiger partial charge in [-0.15, -0.1) is 0 Å². The minimum atomic E-state index is 0.308. The molecule has 0 aliphatic heterocycles. The second kappa shape index (κ2) is 6.03. The Morgan fingerprint density at radius 3 is 2.94 bits per heavy atom. The molecule has 0 aliphatic carbocycles. The predicted molar refractivity (Wildman–Crippen MR) is 75.7 cm³/mol. The van der Waals surface area contributed by atoms with Gasteiger partial charge in [-0.1, -0.05) is 37.1 Å². The Morgan fingerprint density at radius 1 is 1.44 bits per heavy atom. The fourth-order valence-corrected chi connectivity index (χ4v) is 2.25. The molecule has 1 heterocycles. The Kier molecular flexibility index (Phi) is 4.39. The summed E-state index contributed by atoms with van der Waals surface area (Å²) in [4.78, 5) is 7.78. The molecule has 0 saturated carbocycles. The molecule has 3 nitrogen and oxygen atoms in total. The highest BCUT2D eigenvalue weighted by atomic mass is 35.5. The number of aromatic amines is 1. The van der Waals surface area contributed by atoms with Crippen LogP contribution in [-0.4, -0.2) is 16.5 Å². The lowest BCUT2D eigenvalue weighted by Crippen LogP contribution is -2.13. The van der Waals surface area contributed by atoms with Crippen molar-refractivity contribution in [1.82, 2.24) is 9.97 Å². The smallest absolute Gasteiger partial charge is 0.110 e. The summed E-state index contributed by atoms with van der Waals surface area (Å²) < 4.78 is 0. The minimum absolute atomic E-state index is 0.308. The van der Waals surface area contributed by atoms with Gasteiger partial charge in [-0.05, 0) is 18.6 Å². The normalized spacial score (nSPS) is 12.6. The third-order valence-electron chi connectivity index (χ3n) is 3.04. The number of rotatable bonds is 5. The van der Waals surface area contributed by atoms with Crippen molar-refractivity contribution in [2.45, 2.75) is 25.7 Å². The van der Waals surface area contributed by atoms with E-state index in [0.717, 1.165) is 34.9 Å². The van der Waals surface area contributed by atoms with Gasteiger partial charge in [0.2, 0.25) is 0 Å². The number of imidazole rings is 1. The Hall–Kier alpha value is -1.32. The summed E-state index contributed by atoms with van der Waals surface area (Å²) in [7, 11) is 0.